The van der Waals surface area contributed by atoms with Gasteiger partial charge in [-0.25, -0.2) is 0 Å². The van der Waals surface area contributed by atoms with Crippen molar-refractivity contribution in [3.63, 3.8) is 0 Å². The average Bonchev–Trinajstić information content (AvgIpc) is 3.07. The Balaban J connectivity index is 1.90. The molecule has 6 atom stereocenters. The number of allylic oxidation sites excluding steroid dienone is 1. The van der Waals surface area contributed by atoms with Gasteiger partial charge in [0.25, 0.3) is 0 Å². The summed E-state index contributed by atoms with van der Waals surface area (Å²) in [6, 6.07) is -1.59. The fourth-order valence-corrected chi connectivity index (χ4v) is 5.90. The number of aliphatic hydroxyl groups is 1. The first kappa shape index (κ1) is 24.0. The van der Waals surface area contributed by atoms with Crippen LogP contribution in [0.2, 0.25) is 0 Å². The van der Waals surface area contributed by atoms with E-state index in [2.05, 4.69) is 0 Å². The van der Waals surface area contributed by atoms with Crippen LogP contribution >= 0.6 is 0 Å². The Morgan fingerprint density at radius 1 is 1.12 bits per heavy atom. The van der Waals surface area contributed by atoms with E-state index in [1.807, 2.05) is 45.1 Å². The van der Waals surface area contributed by atoms with E-state index in [4.69, 9.17) is 9.47 Å². The van der Waals surface area contributed by atoms with Crippen molar-refractivity contribution in [1.82, 2.24) is 9.80 Å². The molecule has 182 valence electrons. The molecule has 4 heterocycles. The number of hydrogen-bond acceptors (Lipinski definition) is 6. The molecule has 0 radical (unpaired) electrons. The second-order valence-electron chi connectivity index (χ2n) is 10.9. The van der Waals surface area contributed by atoms with Crippen molar-refractivity contribution in [1.29, 1.82) is 0 Å². The molecule has 0 saturated carbocycles. The van der Waals surface area contributed by atoms with Crippen molar-refractivity contribution in [2.24, 2.45) is 11.8 Å². The van der Waals surface area contributed by atoms with Gasteiger partial charge in [-0.3, -0.25) is 14.4 Å². The molecule has 2 saturated heterocycles. The van der Waals surface area contributed by atoms with Crippen LogP contribution in [0.15, 0.2) is 24.3 Å². The molecule has 4 aliphatic heterocycles. The number of amides is 2. The maximum Gasteiger partial charge on any atom is 0.313 e. The summed E-state index contributed by atoms with van der Waals surface area (Å²) in [4.78, 5) is 44.5. The van der Waals surface area contributed by atoms with Crippen molar-refractivity contribution < 1.29 is 29.0 Å². The van der Waals surface area contributed by atoms with Gasteiger partial charge < -0.3 is 24.4 Å². The number of hydrogen-bond donors (Lipinski definition) is 1. The zero-order valence-electron chi connectivity index (χ0n) is 20.2. The average molecular weight is 461 g/mol. The van der Waals surface area contributed by atoms with Gasteiger partial charge in [0.15, 0.2) is 0 Å². The topological polar surface area (TPSA) is 96.4 Å². The number of carbonyl (C=O) groups is 3. The number of carbonyl (C=O) groups excluding carboxylic acids is 3. The lowest BCUT2D eigenvalue weighted by molar-refractivity contribution is -0.162. The summed E-state index contributed by atoms with van der Waals surface area (Å²) in [5, 5.41) is 9.95. The molecule has 0 aliphatic carbocycles. The zero-order valence-corrected chi connectivity index (χ0v) is 20.2. The molecule has 8 nitrogen and oxygen atoms in total. The normalized spacial score (nSPS) is 38.8. The molecule has 1 spiro atoms. The predicted molar refractivity (Wildman–Crippen MR) is 121 cm³/mol. The minimum absolute atomic E-state index is 0.242. The number of aliphatic hydroxyl groups excluding tert-OH is 1. The molecule has 2 amide bonds. The number of esters is 1. The largest absolute Gasteiger partial charge is 0.465 e. The Hall–Kier alpha value is -2.19. The second kappa shape index (κ2) is 8.24. The molecule has 2 fully saturated rings. The van der Waals surface area contributed by atoms with Crippen molar-refractivity contribution in [3.05, 3.63) is 24.3 Å². The minimum atomic E-state index is -1.32. The summed E-state index contributed by atoms with van der Waals surface area (Å²) in [7, 11) is 0. The van der Waals surface area contributed by atoms with E-state index in [0.29, 0.717) is 13.2 Å². The molecule has 1 unspecified atom stereocenters. The highest BCUT2D eigenvalue weighted by molar-refractivity contribution is 5.99. The number of nitrogens with zero attached hydrogens (tertiary/aromatic N) is 2. The van der Waals surface area contributed by atoms with Crippen LogP contribution in [-0.2, 0) is 23.9 Å². The Labute approximate surface area is 195 Å². The number of cyclic esters (lactones) is 1. The van der Waals surface area contributed by atoms with Gasteiger partial charge >= 0.3 is 5.97 Å². The molecule has 8 heteroatoms. The molecular formula is C25H36N2O6. The molecule has 4 aliphatic rings. The van der Waals surface area contributed by atoms with E-state index in [9.17, 15) is 19.5 Å². The summed E-state index contributed by atoms with van der Waals surface area (Å²) in [5.41, 5.74) is -2.90. The van der Waals surface area contributed by atoms with Crippen LogP contribution < -0.4 is 0 Å². The molecule has 0 bridgehead atoms. The Kier molecular flexibility index (Phi) is 5.98. The minimum Gasteiger partial charge on any atom is -0.465 e. The highest BCUT2D eigenvalue weighted by Crippen LogP contribution is 2.57. The zero-order chi connectivity index (χ0) is 24.2. The summed E-state index contributed by atoms with van der Waals surface area (Å²) < 4.78 is 12.3. The third-order valence-electron chi connectivity index (χ3n) is 7.49. The number of likely N-dealkylation sites (tertiary alicyclic amines) is 1. The smallest absolute Gasteiger partial charge is 0.313 e. The van der Waals surface area contributed by atoms with Crippen molar-refractivity contribution in [3.8, 4) is 0 Å². The summed E-state index contributed by atoms with van der Waals surface area (Å²) in [6.45, 7) is 9.71. The van der Waals surface area contributed by atoms with Crippen LogP contribution in [0.3, 0.4) is 0 Å². The predicted octanol–water partition coefficient (Wildman–Crippen LogP) is 1.82. The first-order valence-electron chi connectivity index (χ1n) is 11.9. The van der Waals surface area contributed by atoms with Gasteiger partial charge in [0.1, 0.15) is 17.6 Å². The summed E-state index contributed by atoms with van der Waals surface area (Å²) in [6.07, 6.45) is 10.0. The number of rotatable bonds is 2. The second-order valence-corrected chi connectivity index (χ2v) is 10.9. The van der Waals surface area contributed by atoms with Gasteiger partial charge in [-0.15, -0.1) is 0 Å². The number of fused-ring (bicyclic) bond motifs is 2. The van der Waals surface area contributed by atoms with Gasteiger partial charge in [0.05, 0.1) is 30.8 Å². The molecule has 0 aromatic carbocycles. The highest BCUT2D eigenvalue weighted by atomic mass is 16.6. The molecule has 0 aromatic heterocycles. The van der Waals surface area contributed by atoms with Gasteiger partial charge in [0.2, 0.25) is 11.8 Å². The van der Waals surface area contributed by atoms with Crippen LogP contribution in [0.4, 0.5) is 0 Å². The first-order valence-corrected chi connectivity index (χ1v) is 11.9. The van der Waals surface area contributed by atoms with E-state index in [1.54, 1.807) is 18.7 Å². The van der Waals surface area contributed by atoms with E-state index < -0.39 is 46.6 Å². The van der Waals surface area contributed by atoms with E-state index in [-0.39, 0.29) is 18.4 Å². The van der Waals surface area contributed by atoms with Crippen LogP contribution in [0.1, 0.15) is 53.9 Å². The summed E-state index contributed by atoms with van der Waals surface area (Å²) >= 11 is 0. The van der Waals surface area contributed by atoms with Gasteiger partial charge in [-0.1, -0.05) is 24.3 Å². The highest BCUT2D eigenvalue weighted by Gasteiger charge is 2.75. The fraction of sp³-hybridized carbons (Fsp3) is 0.720. The van der Waals surface area contributed by atoms with Crippen molar-refractivity contribution in [2.75, 3.05) is 19.8 Å². The molecule has 1 N–H and O–H groups in total. The van der Waals surface area contributed by atoms with Crippen LogP contribution in [0.25, 0.3) is 0 Å². The van der Waals surface area contributed by atoms with Crippen LogP contribution in [0.5, 0.6) is 0 Å². The van der Waals surface area contributed by atoms with Gasteiger partial charge in [0, 0.05) is 12.1 Å². The fourth-order valence-electron chi connectivity index (χ4n) is 5.90. The Morgan fingerprint density at radius 3 is 2.52 bits per heavy atom. The maximum atomic E-state index is 14.0. The monoisotopic (exact) mass is 460 g/mol. The molecule has 4 rings (SSSR count). The van der Waals surface area contributed by atoms with Gasteiger partial charge in [-0.05, 0) is 53.9 Å². The van der Waals surface area contributed by atoms with Crippen LogP contribution in [0, 0.1) is 11.8 Å². The third-order valence-corrected chi connectivity index (χ3v) is 7.49. The molecule has 33 heavy (non-hydrogen) atoms. The van der Waals surface area contributed by atoms with Crippen molar-refractivity contribution >= 4 is 17.8 Å². The Bertz CT molecular complexity index is 892. The Morgan fingerprint density at radius 2 is 1.85 bits per heavy atom. The SMILES string of the molecule is C[C@H](CO)N1C(=O)[C@@H]2[C@H]3C(=O)OCCCC/C=C\[C@@]3(C)O[C@@]23C=CCN(C(C)(C)C)C(=O)C13. The van der Waals surface area contributed by atoms with E-state index in [0.717, 1.165) is 19.3 Å². The molecular weight excluding hydrogens is 424 g/mol. The lowest BCUT2D eigenvalue weighted by Crippen LogP contribution is -2.60. The standard InChI is InChI=1S/C25H36N2O6/c1-16(15-28)27-19-21(30)26(23(2,3)4)13-10-12-25(19)17(20(27)29)18-22(31)32-14-9-7-6-8-11-24(18,5)33-25/h8,10-12,16-19,28H,6-7,9,13-15H2,1-5H3/b11-8-/t16-,17+,18+,19?,24-,25+/m1/s1. The third kappa shape index (κ3) is 3.62. The van der Waals surface area contributed by atoms with E-state index in [1.165, 1.54) is 4.90 Å². The van der Waals surface area contributed by atoms with Crippen LogP contribution in [-0.4, -0.2) is 81.3 Å². The quantitative estimate of drug-likeness (QED) is 0.499. The lowest BCUT2D eigenvalue weighted by Gasteiger charge is -2.42. The van der Waals surface area contributed by atoms with E-state index >= 15 is 0 Å². The van der Waals surface area contributed by atoms with Crippen molar-refractivity contribution in [2.45, 2.75) is 82.7 Å². The van der Waals surface area contributed by atoms with Gasteiger partial charge in [-0.2, -0.15) is 0 Å². The summed E-state index contributed by atoms with van der Waals surface area (Å²) in [5.74, 6) is -2.89. The number of ether oxygens (including phenoxy) is 2. The first-order chi connectivity index (χ1) is 15.5. The lowest BCUT2D eigenvalue weighted by atomic mass is 9.74. The maximum absolute atomic E-state index is 14.0. The molecule has 0 aromatic rings.